The number of nitrogens with one attached hydrogen (secondary N) is 1. The second-order valence-corrected chi connectivity index (χ2v) is 9.61. The lowest BCUT2D eigenvalue weighted by atomic mass is 9.87. The molecule has 8 heteroatoms. The highest BCUT2D eigenvalue weighted by Gasteiger charge is 2.31. The molecule has 29 heavy (non-hydrogen) atoms. The first-order valence-electron chi connectivity index (χ1n) is 9.37. The number of carbonyl (C=O) groups is 3. The van der Waals surface area contributed by atoms with Crippen LogP contribution in [-0.4, -0.2) is 44.7 Å². The second kappa shape index (κ2) is 9.54. The number of rotatable bonds is 7. The lowest BCUT2D eigenvalue weighted by molar-refractivity contribution is -0.141. The number of carboxylic acids is 1. The van der Waals surface area contributed by atoms with Gasteiger partial charge in [0.2, 0.25) is 5.91 Å². The van der Waals surface area contributed by atoms with Crippen LogP contribution in [0.3, 0.4) is 0 Å². The first-order valence-corrected chi connectivity index (χ1v) is 10.6. The summed E-state index contributed by atoms with van der Waals surface area (Å²) in [6, 6.07) is 7.15. The van der Waals surface area contributed by atoms with Crippen LogP contribution in [0, 0.1) is 0 Å². The molecule has 1 aliphatic heterocycles. The van der Waals surface area contributed by atoms with Gasteiger partial charge in [-0.2, -0.15) is 0 Å². The fourth-order valence-corrected chi connectivity index (χ4v) is 4.01. The Bertz CT molecular complexity index is 841. The van der Waals surface area contributed by atoms with Gasteiger partial charge in [-0.1, -0.05) is 69.0 Å². The van der Waals surface area contributed by atoms with E-state index in [4.69, 9.17) is 17.3 Å². The van der Waals surface area contributed by atoms with E-state index in [-0.39, 0.29) is 23.7 Å². The minimum atomic E-state index is -1.09. The second-order valence-electron chi connectivity index (χ2n) is 7.94. The predicted octanol–water partition coefficient (Wildman–Crippen LogP) is 3.55. The van der Waals surface area contributed by atoms with Gasteiger partial charge in [0.05, 0.1) is 4.91 Å². The predicted molar refractivity (Wildman–Crippen MR) is 119 cm³/mol. The van der Waals surface area contributed by atoms with Crippen LogP contribution >= 0.6 is 24.0 Å². The molecule has 1 aliphatic rings. The smallest absolute Gasteiger partial charge is 0.325 e. The SMILES string of the molecule is CC(NC(=O)CCCN1C(=O)/C(=C/c2ccc(C(C)(C)C)cc2)SC1=S)C(=O)O. The monoisotopic (exact) mass is 434 g/mol. The molecule has 0 aromatic heterocycles. The number of aliphatic carboxylic acids is 1. The third-order valence-electron chi connectivity index (χ3n) is 4.48. The molecular formula is C21H26N2O4S2. The summed E-state index contributed by atoms with van der Waals surface area (Å²) in [5, 5.41) is 11.2. The Morgan fingerprint density at radius 2 is 1.90 bits per heavy atom. The topological polar surface area (TPSA) is 86.7 Å². The fourth-order valence-electron chi connectivity index (χ4n) is 2.70. The minimum Gasteiger partial charge on any atom is -0.480 e. The highest BCUT2D eigenvalue weighted by molar-refractivity contribution is 8.26. The van der Waals surface area contributed by atoms with Crippen LogP contribution in [0.5, 0.6) is 0 Å². The van der Waals surface area contributed by atoms with E-state index in [1.165, 1.54) is 29.1 Å². The molecule has 1 aromatic rings. The summed E-state index contributed by atoms with van der Waals surface area (Å²) in [7, 11) is 0. The lowest BCUT2D eigenvalue weighted by Gasteiger charge is -2.18. The molecule has 156 valence electrons. The first kappa shape index (κ1) is 23.1. The Morgan fingerprint density at radius 1 is 1.28 bits per heavy atom. The molecule has 0 radical (unpaired) electrons. The summed E-state index contributed by atoms with van der Waals surface area (Å²) >= 11 is 6.56. The quantitative estimate of drug-likeness (QED) is 0.504. The highest BCUT2D eigenvalue weighted by atomic mass is 32.2. The molecule has 6 nitrogen and oxygen atoms in total. The van der Waals surface area contributed by atoms with Gasteiger partial charge >= 0.3 is 5.97 Å². The molecule has 1 atom stereocenters. The van der Waals surface area contributed by atoms with E-state index in [9.17, 15) is 14.4 Å². The van der Waals surface area contributed by atoms with Crippen molar-refractivity contribution in [1.29, 1.82) is 0 Å². The molecule has 1 aromatic carbocycles. The Hall–Kier alpha value is -2.19. The largest absolute Gasteiger partial charge is 0.480 e. The van der Waals surface area contributed by atoms with E-state index in [2.05, 4.69) is 38.2 Å². The average Bonchev–Trinajstić information content (AvgIpc) is 2.88. The lowest BCUT2D eigenvalue weighted by Crippen LogP contribution is -2.38. The maximum atomic E-state index is 12.7. The Balaban J connectivity index is 1.94. The molecule has 2 amide bonds. The zero-order valence-electron chi connectivity index (χ0n) is 17.0. The normalized spacial score (nSPS) is 17.0. The van der Waals surface area contributed by atoms with E-state index in [0.29, 0.717) is 22.2 Å². The molecule has 0 aliphatic carbocycles. The van der Waals surface area contributed by atoms with Crippen molar-refractivity contribution < 1.29 is 19.5 Å². The zero-order valence-corrected chi connectivity index (χ0v) is 18.7. The van der Waals surface area contributed by atoms with Gasteiger partial charge in [0, 0.05) is 13.0 Å². The summed E-state index contributed by atoms with van der Waals surface area (Å²) in [6.07, 6.45) is 2.35. The molecule has 0 saturated carbocycles. The van der Waals surface area contributed by atoms with Crippen molar-refractivity contribution in [1.82, 2.24) is 10.2 Å². The number of hydrogen-bond donors (Lipinski definition) is 2. The van der Waals surface area contributed by atoms with Gasteiger partial charge in [-0.3, -0.25) is 19.3 Å². The van der Waals surface area contributed by atoms with Crippen LogP contribution in [0.2, 0.25) is 0 Å². The van der Waals surface area contributed by atoms with Gasteiger partial charge in [-0.15, -0.1) is 0 Å². The molecule has 1 saturated heterocycles. The van der Waals surface area contributed by atoms with E-state index in [0.717, 1.165) is 5.56 Å². The van der Waals surface area contributed by atoms with Crippen LogP contribution in [0.1, 0.15) is 51.7 Å². The fraction of sp³-hybridized carbons (Fsp3) is 0.429. The number of benzene rings is 1. The molecule has 0 spiro atoms. The minimum absolute atomic E-state index is 0.0660. The van der Waals surface area contributed by atoms with Crippen molar-refractivity contribution in [3.63, 3.8) is 0 Å². The average molecular weight is 435 g/mol. The van der Waals surface area contributed by atoms with Crippen molar-refractivity contribution in [2.24, 2.45) is 0 Å². The first-order chi connectivity index (χ1) is 13.5. The molecule has 2 rings (SSSR count). The molecular weight excluding hydrogens is 408 g/mol. The summed E-state index contributed by atoms with van der Waals surface area (Å²) in [4.78, 5) is 37.2. The van der Waals surface area contributed by atoms with E-state index in [1.807, 2.05) is 18.2 Å². The number of carbonyl (C=O) groups excluding carboxylic acids is 2. The Kier molecular flexibility index (Phi) is 7.60. The van der Waals surface area contributed by atoms with Crippen LogP contribution in [-0.2, 0) is 19.8 Å². The summed E-state index contributed by atoms with van der Waals surface area (Å²) in [6.45, 7) is 8.17. The van der Waals surface area contributed by atoms with Crippen LogP contribution < -0.4 is 5.32 Å². The van der Waals surface area contributed by atoms with Crippen LogP contribution in [0.4, 0.5) is 0 Å². The third-order valence-corrected chi connectivity index (χ3v) is 5.86. The van der Waals surface area contributed by atoms with Crippen LogP contribution in [0.25, 0.3) is 6.08 Å². The molecule has 1 heterocycles. The number of nitrogens with zero attached hydrogens (tertiary/aromatic N) is 1. The number of hydrogen-bond acceptors (Lipinski definition) is 5. The van der Waals surface area contributed by atoms with Crippen molar-refractivity contribution in [2.45, 2.75) is 52.0 Å². The number of amides is 2. The Morgan fingerprint density at radius 3 is 2.45 bits per heavy atom. The molecule has 1 unspecified atom stereocenters. The third kappa shape index (κ3) is 6.40. The van der Waals surface area contributed by atoms with Gasteiger partial charge in [0.25, 0.3) is 5.91 Å². The van der Waals surface area contributed by atoms with Crippen molar-refractivity contribution in [2.75, 3.05) is 6.54 Å². The zero-order chi connectivity index (χ0) is 21.8. The maximum absolute atomic E-state index is 12.7. The van der Waals surface area contributed by atoms with Crippen molar-refractivity contribution >= 4 is 52.2 Å². The van der Waals surface area contributed by atoms with E-state index < -0.39 is 12.0 Å². The number of thioether (sulfide) groups is 1. The molecule has 1 fully saturated rings. The van der Waals surface area contributed by atoms with E-state index in [1.54, 1.807) is 0 Å². The van der Waals surface area contributed by atoms with Crippen LogP contribution in [0.15, 0.2) is 29.2 Å². The number of carboxylic acid groups (broad SMARTS) is 1. The van der Waals surface area contributed by atoms with Gasteiger partial charge in [0.1, 0.15) is 10.4 Å². The van der Waals surface area contributed by atoms with Crippen molar-refractivity contribution in [3.05, 3.63) is 40.3 Å². The summed E-state index contributed by atoms with van der Waals surface area (Å²) in [5.74, 6) is -1.62. The van der Waals surface area contributed by atoms with Gasteiger partial charge < -0.3 is 10.4 Å². The Labute approximate surface area is 180 Å². The standard InChI is InChI=1S/C21H26N2O4S2/c1-13(19(26)27)22-17(24)6-5-11-23-18(25)16(29-20(23)28)12-14-7-9-15(10-8-14)21(2,3)4/h7-10,12-13H,5-6,11H2,1-4H3,(H,22,24)(H,26,27)/b16-12-. The maximum Gasteiger partial charge on any atom is 0.325 e. The summed E-state index contributed by atoms with van der Waals surface area (Å²) < 4.78 is 0.465. The molecule has 2 N–H and O–H groups in total. The van der Waals surface area contributed by atoms with Gasteiger partial charge in [0.15, 0.2) is 0 Å². The molecule has 0 bridgehead atoms. The summed E-state index contributed by atoms with van der Waals surface area (Å²) in [5.41, 5.74) is 2.22. The highest BCUT2D eigenvalue weighted by Crippen LogP contribution is 2.33. The number of thiocarbonyl (C=S) groups is 1. The van der Waals surface area contributed by atoms with Gasteiger partial charge in [-0.05, 0) is 36.0 Å². The van der Waals surface area contributed by atoms with Crippen molar-refractivity contribution in [3.8, 4) is 0 Å². The van der Waals surface area contributed by atoms with Gasteiger partial charge in [-0.25, -0.2) is 0 Å². The van der Waals surface area contributed by atoms with E-state index >= 15 is 0 Å².